The molecule has 24 heavy (non-hydrogen) atoms. The Labute approximate surface area is 150 Å². The first-order valence-electron chi connectivity index (χ1n) is 8.41. The Morgan fingerprint density at radius 3 is 2.29 bits per heavy atom. The second-order valence-corrected chi connectivity index (χ2v) is 6.58. The minimum atomic E-state index is -0.133. The molecule has 1 aliphatic heterocycles. The number of nitrogens with one attached hydrogen (secondary N) is 3. The maximum Gasteiger partial charge on any atom is 0.251 e. The molecule has 1 aliphatic rings. The zero-order chi connectivity index (χ0) is 16.7. The number of hydrogen-bond donors (Lipinski definition) is 3. The van der Waals surface area contributed by atoms with Crippen LogP contribution in [0.2, 0.25) is 0 Å². The maximum atomic E-state index is 12.4. The molecule has 1 saturated heterocycles. The van der Waals surface area contributed by atoms with Crippen LogP contribution in [0.25, 0.3) is 0 Å². The van der Waals surface area contributed by atoms with E-state index in [1.807, 2.05) is 6.92 Å². The summed E-state index contributed by atoms with van der Waals surface area (Å²) in [6, 6.07) is 6.89. The summed E-state index contributed by atoms with van der Waals surface area (Å²) in [7, 11) is 0. The highest BCUT2D eigenvalue weighted by Crippen LogP contribution is 2.26. The second kappa shape index (κ2) is 9.64. The van der Waals surface area contributed by atoms with Gasteiger partial charge in [-0.05, 0) is 56.0 Å². The van der Waals surface area contributed by atoms with Gasteiger partial charge in [-0.2, -0.15) is 0 Å². The average molecular weight is 354 g/mol. The smallest absolute Gasteiger partial charge is 0.251 e. The van der Waals surface area contributed by atoms with E-state index in [1.165, 1.54) is 0 Å². The first-order chi connectivity index (χ1) is 11.0. The molecule has 0 aromatic heterocycles. The number of piperidine rings is 1. The zero-order valence-corrected chi connectivity index (χ0v) is 15.3. The third-order valence-corrected chi connectivity index (χ3v) is 4.41. The molecule has 2 amide bonds. The first kappa shape index (κ1) is 20.5. The van der Waals surface area contributed by atoms with Crippen molar-refractivity contribution < 1.29 is 9.59 Å². The van der Waals surface area contributed by atoms with Crippen molar-refractivity contribution in [3.8, 4) is 0 Å². The molecular formula is C18H28ClN3O2. The fourth-order valence-electron chi connectivity index (χ4n) is 2.75. The Morgan fingerprint density at radius 2 is 1.71 bits per heavy atom. The lowest BCUT2D eigenvalue weighted by atomic mass is 9.81. The molecule has 1 aromatic rings. The SMILES string of the molecule is CCCNC(=O)c1cccc(C(=O)NCC2(C)CCNCC2)c1.Cl. The third-order valence-electron chi connectivity index (χ3n) is 4.41. The number of carbonyl (C=O) groups is 2. The molecule has 0 saturated carbocycles. The van der Waals surface area contributed by atoms with Gasteiger partial charge in [0.15, 0.2) is 0 Å². The van der Waals surface area contributed by atoms with Gasteiger partial charge in [0.2, 0.25) is 0 Å². The first-order valence-corrected chi connectivity index (χ1v) is 8.41. The Bertz CT molecular complexity index is 557. The lowest BCUT2D eigenvalue weighted by Crippen LogP contribution is -2.42. The molecule has 0 unspecified atom stereocenters. The van der Waals surface area contributed by atoms with Crippen LogP contribution >= 0.6 is 12.4 Å². The minimum absolute atomic E-state index is 0. The standard InChI is InChI=1S/C18H27N3O2.ClH/c1-3-9-20-16(22)14-5-4-6-15(12-14)17(23)21-13-18(2)7-10-19-11-8-18;/h4-6,12,19H,3,7-11,13H2,1-2H3,(H,20,22)(H,21,23);1H. The topological polar surface area (TPSA) is 70.2 Å². The van der Waals surface area contributed by atoms with Gasteiger partial charge in [0.25, 0.3) is 11.8 Å². The minimum Gasteiger partial charge on any atom is -0.352 e. The third kappa shape index (κ3) is 5.80. The van der Waals surface area contributed by atoms with E-state index in [0.717, 1.165) is 32.4 Å². The molecule has 1 fully saturated rings. The van der Waals surface area contributed by atoms with Gasteiger partial charge in [-0.25, -0.2) is 0 Å². The van der Waals surface area contributed by atoms with E-state index in [9.17, 15) is 9.59 Å². The summed E-state index contributed by atoms with van der Waals surface area (Å²) in [6.45, 7) is 7.52. The summed E-state index contributed by atoms with van der Waals surface area (Å²) >= 11 is 0. The monoisotopic (exact) mass is 353 g/mol. The van der Waals surface area contributed by atoms with Crippen LogP contribution in [0.15, 0.2) is 24.3 Å². The van der Waals surface area contributed by atoms with Crippen LogP contribution in [0.1, 0.15) is 53.8 Å². The van der Waals surface area contributed by atoms with Gasteiger partial charge in [-0.1, -0.05) is 19.9 Å². The van der Waals surface area contributed by atoms with E-state index < -0.39 is 0 Å². The summed E-state index contributed by atoms with van der Waals surface area (Å²) in [6.07, 6.45) is 3.01. The number of rotatable bonds is 6. The van der Waals surface area contributed by atoms with E-state index >= 15 is 0 Å². The van der Waals surface area contributed by atoms with Gasteiger partial charge in [-0.15, -0.1) is 12.4 Å². The normalized spacial score (nSPS) is 15.9. The fourth-order valence-corrected chi connectivity index (χ4v) is 2.75. The Kier molecular flexibility index (Phi) is 8.22. The van der Waals surface area contributed by atoms with E-state index in [1.54, 1.807) is 24.3 Å². The predicted molar refractivity (Wildman–Crippen MR) is 98.9 cm³/mol. The van der Waals surface area contributed by atoms with Crippen LogP contribution in [-0.2, 0) is 0 Å². The molecule has 2 rings (SSSR count). The van der Waals surface area contributed by atoms with Gasteiger partial charge in [0.1, 0.15) is 0 Å². The zero-order valence-electron chi connectivity index (χ0n) is 14.5. The van der Waals surface area contributed by atoms with Crippen LogP contribution in [0.5, 0.6) is 0 Å². The molecule has 0 radical (unpaired) electrons. The molecule has 0 bridgehead atoms. The van der Waals surface area contributed by atoms with E-state index in [4.69, 9.17) is 0 Å². The van der Waals surface area contributed by atoms with Crippen molar-refractivity contribution >= 4 is 24.2 Å². The van der Waals surface area contributed by atoms with Crippen molar-refractivity contribution in [1.82, 2.24) is 16.0 Å². The van der Waals surface area contributed by atoms with Crippen molar-refractivity contribution in [1.29, 1.82) is 0 Å². The van der Waals surface area contributed by atoms with Crippen LogP contribution in [0.4, 0.5) is 0 Å². The highest BCUT2D eigenvalue weighted by Gasteiger charge is 2.27. The van der Waals surface area contributed by atoms with E-state index in [0.29, 0.717) is 24.2 Å². The molecule has 0 atom stereocenters. The van der Waals surface area contributed by atoms with E-state index in [-0.39, 0.29) is 29.6 Å². The van der Waals surface area contributed by atoms with Crippen molar-refractivity contribution in [2.45, 2.75) is 33.1 Å². The quantitative estimate of drug-likeness (QED) is 0.735. The lowest BCUT2D eigenvalue weighted by molar-refractivity contribution is 0.0922. The highest BCUT2D eigenvalue weighted by atomic mass is 35.5. The molecule has 1 aromatic carbocycles. The van der Waals surface area contributed by atoms with Crippen LogP contribution in [-0.4, -0.2) is 38.0 Å². The molecule has 134 valence electrons. The lowest BCUT2D eigenvalue weighted by Gasteiger charge is -2.34. The van der Waals surface area contributed by atoms with Crippen LogP contribution < -0.4 is 16.0 Å². The number of benzene rings is 1. The Hall–Kier alpha value is -1.59. The molecule has 0 aliphatic carbocycles. The molecule has 5 nitrogen and oxygen atoms in total. The molecule has 0 spiro atoms. The van der Waals surface area contributed by atoms with Gasteiger partial charge >= 0.3 is 0 Å². The number of amides is 2. The molecular weight excluding hydrogens is 326 g/mol. The Morgan fingerprint density at radius 1 is 1.12 bits per heavy atom. The summed E-state index contributed by atoms with van der Waals surface area (Å²) in [5.74, 6) is -0.248. The van der Waals surface area contributed by atoms with Crippen molar-refractivity contribution in [2.24, 2.45) is 5.41 Å². The number of hydrogen-bond acceptors (Lipinski definition) is 3. The number of halogens is 1. The summed E-state index contributed by atoms with van der Waals surface area (Å²) in [5, 5.41) is 9.19. The molecule has 1 heterocycles. The summed E-state index contributed by atoms with van der Waals surface area (Å²) in [5.41, 5.74) is 1.21. The van der Waals surface area contributed by atoms with Gasteiger partial charge in [0.05, 0.1) is 0 Å². The Balaban J connectivity index is 0.00000288. The molecule has 6 heteroatoms. The summed E-state index contributed by atoms with van der Waals surface area (Å²) in [4.78, 5) is 24.3. The van der Waals surface area contributed by atoms with Gasteiger partial charge in [-0.3, -0.25) is 9.59 Å². The van der Waals surface area contributed by atoms with Crippen LogP contribution in [0.3, 0.4) is 0 Å². The van der Waals surface area contributed by atoms with E-state index in [2.05, 4.69) is 22.9 Å². The predicted octanol–water partition coefficient (Wildman–Crippen LogP) is 2.37. The van der Waals surface area contributed by atoms with Crippen molar-refractivity contribution in [2.75, 3.05) is 26.2 Å². The fraction of sp³-hybridized carbons (Fsp3) is 0.556. The largest absolute Gasteiger partial charge is 0.352 e. The van der Waals surface area contributed by atoms with Crippen LogP contribution in [0, 0.1) is 5.41 Å². The average Bonchev–Trinajstić information content (AvgIpc) is 2.58. The van der Waals surface area contributed by atoms with Crippen molar-refractivity contribution in [3.63, 3.8) is 0 Å². The summed E-state index contributed by atoms with van der Waals surface area (Å²) < 4.78 is 0. The molecule has 3 N–H and O–H groups in total. The van der Waals surface area contributed by atoms with Crippen molar-refractivity contribution in [3.05, 3.63) is 35.4 Å². The second-order valence-electron chi connectivity index (χ2n) is 6.58. The van der Waals surface area contributed by atoms with Gasteiger partial charge < -0.3 is 16.0 Å². The highest BCUT2D eigenvalue weighted by molar-refractivity contribution is 5.99. The van der Waals surface area contributed by atoms with Gasteiger partial charge in [0, 0.05) is 24.2 Å². The number of carbonyl (C=O) groups excluding carboxylic acids is 2. The maximum absolute atomic E-state index is 12.4.